The van der Waals surface area contributed by atoms with E-state index in [1.807, 2.05) is 6.92 Å². The molecule has 1 aromatic heterocycles. The van der Waals surface area contributed by atoms with Crippen LogP contribution < -0.4 is 10.6 Å². The topological polar surface area (TPSA) is 74.2 Å². The van der Waals surface area contributed by atoms with Crippen molar-refractivity contribution in [1.29, 1.82) is 0 Å². The number of carbonyl (C=O) groups excluding carboxylic acids is 1. The first kappa shape index (κ1) is 17.2. The number of urea groups is 1. The number of thiazole rings is 1. The molecule has 0 radical (unpaired) electrons. The summed E-state index contributed by atoms with van der Waals surface area (Å²) in [5.41, 5.74) is 1.08. The fourth-order valence-electron chi connectivity index (χ4n) is 2.94. The number of rotatable bonds is 5. The highest BCUT2D eigenvalue weighted by atomic mass is 32.1. The summed E-state index contributed by atoms with van der Waals surface area (Å²) >= 11 is 1.69. The van der Waals surface area contributed by atoms with Crippen LogP contribution in [-0.2, 0) is 6.42 Å². The van der Waals surface area contributed by atoms with Crippen LogP contribution in [-0.4, -0.2) is 35.3 Å². The van der Waals surface area contributed by atoms with Crippen LogP contribution >= 0.6 is 11.3 Å². The highest BCUT2D eigenvalue weighted by Gasteiger charge is 2.24. The molecule has 1 aliphatic carbocycles. The molecule has 2 rings (SSSR count). The first-order valence-electron chi connectivity index (χ1n) is 8.18. The monoisotopic (exact) mass is 325 g/mol. The van der Waals surface area contributed by atoms with Gasteiger partial charge in [-0.1, -0.05) is 19.3 Å². The van der Waals surface area contributed by atoms with E-state index in [9.17, 15) is 9.90 Å². The van der Waals surface area contributed by atoms with E-state index in [-0.39, 0.29) is 24.6 Å². The molecule has 2 amide bonds. The molecule has 1 heterocycles. The molecule has 2 unspecified atom stereocenters. The van der Waals surface area contributed by atoms with Crippen LogP contribution in [0, 0.1) is 19.8 Å². The number of hydrogen-bond acceptors (Lipinski definition) is 4. The zero-order chi connectivity index (χ0) is 15.9. The molecule has 1 saturated carbocycles. The molecule has 2 atom stereocenters. The van der Waals surface area contributed by atoms with E-state index in [0.29, 0.717) is 6.54 Å². The Morgan fingerprint density at radius 3 is 2.77 bits per heavy atom. The van der Waals surface area contributed by atoms with Gasteiger partial charge in [0.1, 0.15) is 0 Å². The third-order valence-electron chi connectivity index (χ3n) is 4.41. The quantitative estimate of drug-likeness (QED) is 0.728. The molecule has 0 bridgehead atoms. The van der Waals surface area contributed by atoms with Gasteiger partial charge in [0.05, 0.1) is 10.7 Å². The lowest BCUT2D eigenvalue weighted by Gasteiger charge is -2.24. The second-order valence-electron chi connectivity index (χ2n) is 6.09. The van der Waals surface area contributed by atoms with Crippen molar-refractivity contribution < 1.29 is 9.90 Å². The maximum atomic E-state index is 12.0. The number of aryl methyl sites for hydroxylation is 2. The van der Waals surface area contributed by atoms with Crippen LogP contribution in [0.15, 0.2) is 0 Å². The van der Waals surface area contributed by atoms with E-state index in [4.69, 9.17) is 0 Å². The van der Waals surface area contributed by atoms with E-state index >= 15 is 0 Å². The summed E-state index contributed by atoms with van der Waals surface area (Å²) in [6, 6.07) is -0.0350. The molecule has 0 aromatic carbocycles. The fourth-order valence-corrected chi connectivity index (χ4v) is 3.87. The lowest BCUT2D eigenvalue weighted by atomic mass is 9.96. The molecule has 1 fully saturated rings. The lowest BCUT2D eigenvalue weighted by molar-refractivity contribution is 0.179. The SMILES string of the molecule is Cc1nc(CCNC(=O)NC2CCCCCC2CO)sc1C. The van der Waals surface area contributed by atoms with Crippen molar-refractivity contribution in [3.8, 4) is 0 Å². The normalized spacial score (nSPS) is 22.1. The molecular weight excluding hydrogens is 298 g/mol. The van der Waals surface area contributed by atoms with Crippen LogP contribution in [0.1, 0.15) is 47.7 Å². The summed E-state index contributed by atoms with van der Waals surface area (Å²) in [5, 5.41) is 16.5. The Morgan fingerprint density at radius 1 is 1.32 bits per heavy atom. The Hall–Kier alpha value is -1.14. The third-order valence-corrected chi connectivity index (χ3v) is 5.54. The van der Waals surface area contributed by atoms with Gasteiger partial charge in [-0.25, -0.2) is 9.78 Å². The molecule has 3 N–H and O–H groups in total. The van der Waals surface area contributed by atoms with Crippen molar-refractivity contribution in [1.82, 2.24) is 15.6 Å². The van der Waals surface area contributed by atoms with Crippen molar-refractivity contribution in [2.24, 2.45) is 5.92 Å². The zero-order valence-electron chi connectivity index (χ0n) is 13.5. The largest absolute Gasteiger partial charge is 0.396 e. The van der Waals surface area contributed by atoms with Gasteiger partial charge in [-0.15, -0.1) is 11.3 Å². The van der Waals surface area contributed by atoms with Gasteiger partial charge in [0.25, 0.3) is 0 Å². The number of aliphatic hydroxyl groups is 1. The van der Waals surface area contributed by atoms with Crippen molar-refractivity contribution >= 4 is 17.4 Å². The van der Waals surface area contributed by atoms with E-state index in [2.05, 4.69) is 22.5 Å². The summed E-state index contributed by atoms with van der Waals surface area (Å²) in [6.45, 7) is 4.83. The van der Waals surface area contributed by atoms with Crippen LogP contribution in [0.2, 0.25) is 0 Å². The molecule has 124 valence electrons. The molecular formula is C16H27N3O2S. The van der Waals surface area contributed by atoms with Gasteiger partial charge in [0, 0.05) is 36.4 Å². The minimum atomic E-state index is -0.129. The maximum Gasteiger partial charge on any atom is 0.315 e. The summed E-state index contributed by atoms with van der Waals surface area (Å²) in [5.74, 6) is 0.192. The lowest BCUT2D eigenvalue weighted by Crippen LogP contribution is -2.46. The van der Waals surface area contributed by atoms with Gasteiger partial charge >= 0.3 is 6.03 Å². The zero-order valence-corrected chi connectivity index (χ0v) is 14.3. The number of carbonyl (C=O) groups is 1. The Kier molecular flexibility index (Phi) is 6.64. The second-order valence-corrected chi connectivity index (χ2v) is 7.37. The van der Waals surface area contributed by atoms with Crippen molar-refractivity contribution in [3.63, 3.8) is 0 Å². The molecule has 0 saturated heterocycles. The Bertz CT molecular complexity index is 470. The summed E-state index contributed by atoms with van der Waals surface area (Å²) in [6.07, 6.45) is 6.19. The standard InChI is InChI=1S/C16H27N3O2S/c1-11-12(2)22-15(18-11)8-9-17-16(21)19-14-7-5-3-4-6-13(14)10-20/h13-14,20H,3-10H2,1-2H3,(H2,17,19,21). The van der Waals surface area contributed by atoms with Crippen LogP contribution in [0.25, 0.3) is 0 Å². The van der Waals surface area contributed by atoms with Crippen LogP contribution in [0.4, 0.5) is 4.79 Å². The van der Waals surface area contributed by atoms with Gasteiger partial charge in [-0.05, 0) is 26.7 Å². The molecule has 1 aliphatic rings. The van der Waals surface area contributed by atoms with Crippen LogP contribution in [0.3, 0.4) is 0 Å². The second kappa shape index (κ2) is 8.48. The summed E-state index contributed by atoms with van der Waals surface area (Å²) < 4.78 is 0. The smallest absolute Gasteiger partial charge is 0.315 e. The first-order chi connectivity index (χ1) is 10.6. The molecule has 6 heteroatoms. The molecule has 22 heavy (non-hydrogen) atoms. The summed E-state index contributed by atoms with van der Waals surface area (Å²) in [4.78, 5) is 17.7. The highest BCUT2D eigenvalue weighted by Crippen LogP contribution is 2.23. The molecule has 1 aromatic rings. The van der Waals surface area contributed by atoms with Gasteiger partial charge < -0.3 is 15.7 Å². The first-order valence-corrected chi connectivity index (χ1v) is 9.00. The number of amides is 2. The van der Waals surface area contributed by atoms with Crippen molar-refractivity contribution in [2.45, 2.75) is 58.4 Å². The highest BCUT2D eigenvalue weighted by molar-refractivity contribution is 7.11. The van der Waals surface area contributed by atoms with Gasteiger partial charge in [-0.2, -0.15) is 0 Å². The number of hydrogen-bond donors (Lipinski definition) is 3. The fraction of sp³-hybridized carbons (Fsp3) is 0.750. The molecule has 0 spiro atoms. The van der Waals surface area contributed by atoms with E-state index in [1.165, 1.54) is 11.3 Å². The summed E-state index contributed by atoms with van der Waals surface area (Å²) in [7, 11) is 0. The Balaban J connectivity index is 1.74. The van der Waals surface area contributed by atoms with E-state index in [0.717, 1.165) is 42.8 Å². The average Bonchev–Trinajstić information content (AvgIpc) is 2.68. The Labute approximate surface area is 136 Å². The predicted octanol–water partition coefficient (Wildman–Crippen LogP) is 2.54. The average molecular weight is 325 g/mol. The van der Waals surface area contributed by atoms with Gasteiger partial charge in [-0.3, -0.25) is 0 Å². The van der Waals surface area contributed by atoms with E-state index < -0.39 is 0 Å². The van der Waals surface area contributed by atoms with Gasteiger partial charge in [0.2, 0.25) is 0 Å². The Morgan fingerprint density at radius 2 is 2.09 bits per heavy atom. The van der Waals surface area contributed by atoms with E-state index in [1.54, 1.807) is 11.3 Å². The maximum absolute atomic E-state index is 12.0. The van der Waals surface area contributed by atoms with Crippen molar-refractivity contribution in [2.75, 3.05) is 13.2 Å². The van der Waals surface area contributed by atoms with Crippen molar-refractivity contribution in [3.05, 3.63) is 15.6 Å². The molecule has 5 nitrogen and oxygen atoms in total. The number of aliphatic hydroxyl groups excluding tert-OH is 1. The molecule has 0 aliphatic heterocycles. The number of aromatic nitrogens is 1. The predicted molar refractivity (Wildman–Crippen MR) is 89.3 cm³/mol. The van der Waals surface area contributed by atoms with Crippen LogP contribution in [0.5, 0.6) is 0 Å². The minimum Gasteiger partial charge on any atom is -0.396 e. The van der Waals surface area contributed by atoms with Gasteiger partial charge in [0.15, 0.2) is 0 Å². The number of nitrogens with one attached hydrogen (secondary N) is 2. The number of nitrogens with zero attached hydrogens (tertiary/aromatic N) is 1. The third kappa shape index (κ3) is 4.95. The minimum absolute atomic E-state index is 0.0943.